The van der Waals surface area contributed by atoms with Crippen LogP contribution in [0.25, 0.3) is 11.1 Å². The summed E-state index contributed by atoms with van der Waals surface area (Å²) in [5.41, 5.74) is 6.39. The van der Waals surface area contributed by atoms with E-state index in [1.165, 1.54) is 16.7 Å². The first-order chi connectivity index (χ1) is 19.1. The van der Waals surface area contributed by atoms with Gasteiger partial charge in [-0.25, -0.2) is 9.59 Å². The third-order valence-electron chi connectivity index (χ3n) is 6.07. The van der Waals surface area contributed by atoms with Gasteiger partial charge in [-0.1, -0.05) is 91.0 Å². The normalized spacial score (nSPS) is 11.0. The largest absolute Gasteiger partial charge is 0.490 e. The second-order valence-corrected chi connectivity index (χ2v) is 9.17. The van der Waals surface area contributed by atoms with Gasteiger partial charge in [0.1, 0.15) is 0 Å². The van der Waals surface area contributed by atoms with Gasteiger partial charge in [-0.15, -0.1) is 0 Å². The number of benzene rings is 4. The van der Waals surface area contributed by atoms with Crippen LogP contribution in [-0.4, -0.2) is 39.8 Å². The van der Waals surface area contributed by atoms with Crippen molar-refractivity contribution in [3.8, 4) is 11.1 Å². The van der Waals surface area contributed by atoms with Gasteiger partial charge >= 0.3 is 18.1 Å². The Morgan fingerprint density at radius 1 is 0.650 bits per heavy atom. The molecule has 0 aliphatic rings. The second-order valence-electron chi connectivity index (χ2n) is 9.17. The topological polar surface area (TPSA) is 77.8 Å². The molecule has 0 atom stereocenters. The van der Waals surface area contributed by atoms with Crippen LogP contribution in [0.15, 0.2) is 109 Å². The smallest absolute Gasteiger partial charge is 0.478 e. The highest BCUT2D eigenvalue weighted by Crippen LogP contribution is 2.22. The Kier molecular flexibility index (Phi) is 11.0. The molecule has 4 aromatic carbocycles. The Labute approximate surface area is 231 Å². The highest BCUT2D eigenvalue weighted by molar-refractivity contribution is 5.88. The van der Waals surface area contributed by atoms with Gasteiger partial charge in [0.15, 0.2) is 0 Å². The first-order valence-electron chi connectivity index (χ1n) is 12.6. The Bertz CT molecular complexity index is 1360. The quantitative estimate of drug-likeness (QED) is 0.217. The van der Waals surface area contributed by atoms with Crippen molar-refractivity contribution in [3.63, 3.8) is 0 Å². The first-order valence-corrected chi connectivity index (χ1v) is 12.6. The lowest BCUT2D eigenvalue weighted by molar-refractivity contribution is -0.192. The Morgan fingerprint density at radius 2 is 1.18 bits per heavy atom. The molecule has 0 saturated heterocycles. The lowest BCUT2D eigenvalue weighted by Crippen LogP contribution is -2.24. The summed E-state index contributed by atoms with van der Waals surface area (Å²) >= 11 is 0. The number of carbonyl (C=O) groups is 2. The number of carboxylic acids is 2. The van der Waals surface area contributed by atoms with Crippen LogP contribution in [-0.2, 0) is 24.3 Å². The minimum Gasteiger partial charge on any atom is -0.478 e. The monoisotopic (exact) mass is 549 g/mol. The van der Waals surface area contributed by atoms with E-state index >= 15 is 0 Å². The minimum absolute atomic E-state index is 0.308. The average Bonchev–Trinajstić information content (AvgIpc) is 2.94. The molecule has 4 rings (SSSR count). The van der Waals surface area contributed by atoms with E-state index in [4.69, 9.17) is 15.0 Å². The molecule has 0 heterocycles. The SMILES string of the molecule is O=C(O)C(F)(F)F.O=C(O)c1ccc(-c2cccc(CN(CCCc3ccccc3)Cc3ccccc3)c2)cc1. The van der Waals surface area contributed by atoms with Crippen molar-refractivity contribution in [1.82, 2.24) is 4.90 Å². The molecule has 2 N–H and O–H groups in total. The lowest BCUT2D eigenvalue weighted by Gasteiger charge is -2.23. The van der Waals surface area contributed by atoms with Gasteiger partial charge in [0, 0.05) is 13.1 Å². The van der Waals surface area contributed by atoms with Crippen LogP contribution in [0, 0.1) is 0 Å². The number of aromatic carboxylic acids is 1. The third-order valence-corrected chi connectivity index (χ3v) is 6.07. The summed E-state index contributed by atoms with van der Waals surface area (Å²) in [5.74, 6) is -3.66. The molecule has 8 heteroatoms. The maximum atomic E-state index is 11.1. The van der Waals surface area contributed by atoms with E-state index in [1.54, 1.807) is 12.1 Å². The van der Waals surface area contributed by atoms with E-state index in [0.717, 1.165) is 43.6 Å². The Hall–Kier alpha value is -4.43. The highest BCUT2D eigenvalue weighted by atomic mass is 19.4. The highest BCUT2D eigenvalue weighted by Gasteiger charge is 2.38. The van der Waals surface area contributed by atoms with Crippen molar-refractivity contribution in [2.24, 2.45) is 0 Å². The zero-order valence-electron chi connectivity index (χ0n) is 21.7. The Morgan fingerprint density at radius 3 is 1.73 bits per heavy atom. The fourth-order valence-electron chi connectivity index (χ4n) is 4.12. The molecule has 5 nitrogen and oxygen atoms in total. The van der Waals surface area contributed by atoms with Gasteiger partial charge in [-0.2, -0.15) is 13.2 Å². The standard InChI is InChI=1S/C30H29NO2.C2HF3O2/c32-30(33)28-18-16-27(17-19-28)29-15-7-13-26(21-29)23-31(22-25-11-5-2-6-12-25)20-8-14-24-9-3-1-4-10-24;3-2(4,5)1(6)7/h1-7,9-13,15-19,21H,8,14,20,22-23H2,(H,32,33);(H,6,7). The second kappa shape index (κ2) is 14.6. The number of hydrogen-bond acceptors (Lipinski definition) is 3. The number of hydrogen-bond donors (Lipinski definition) is 2. The van der Waals surface area contributed by atoms with Gasteiger partial charge in [-0.3, -0.25) is 4.90 Å². The maximum Gasteiger partial charge on any atom is 0.490 e. The molecular formula is C32H30F3NO4. The fourth-order valence-corrected chi connectivity index (χ4v) is 4.12. The van der Waals surface area contributed by atoms with Crippen LogP contribution in [0.4, 0.5) is 13.2 Å². The molecule has 0 saturated carbocycles. The molecule has 0 bridgehead atoms. The molecule has 208 valence electrons. The summed E-state index contributed by atoms with van der Waals surface area (Å²) in [7, 11) is 0. The van der Waals surface area contributed by atoms with Crippen molar-refractivity contribution in [2.75, 3.05) is 6.54 Å². The average molecular weight is 550 g/mol. The van der Waals surface area contributed by atoms with Gasteiger partial charge in [0.05, 0.1) is 5.56 Å². The molecule has 0 amide bonds. The van der Waals surface area contributed by atoms with Gasteiger partial charge in [0.25, 0.3) is 0 Å². The van der Waals surface area contributed by atoms with E-state index in [0.29, 0.717) is 5.56 Å². The zero-order valence-corrected chi connectivity index (χ0v) is 21.7. The van der Waals surface area contributed by atoms with E-state index < -0.39 is 18.1 Å². The van der Waals surface area contributed by atoms with Crippen LogP contribution in [0.1, 0.15) is 33.5 Å². The number of halogens is 3. The van der Waals surface area contributed by atoms with Crippen molar-refractivity contribution in [2.45, 2.75) is 32.1 Å². The van der Waals surface area contributed by atoms with E-state index in [9.17, 15) is 18.0 Å². The summed E-state index contributed by atoms with van der Waals surface area (Å²) < 4.78 is 31.7. The molecule has 0 fully saturated rings. The molecule has 0 spiro atoms. The van der Waals surface area contributed by atoms with Crippen molar-refractivity contribution in [1.29, 1.82) is 0 Å². The van der Waals surface area contributed by atoms with E-state index in [-0.39, 0.29) is 0 Å². The molecule has 0 unspecified atom stereocenters. The summed E-state index contributed by atoms with van der Waals surface area (Å²) in [6.45, 7) is 2.79. The lowest BCUT2D eigenvalue weighted by atomic mass is 10.0. The number of nitrogens with zero attached hydrogens (tertiary/aromatic N) is 1. The minimum atomic E-state index is -5.08. The molecular weight excluding hydrogens is 519 g/mol. The van der Waals surface area contributed by atoms with Crippen molar-refractivity contribution < 1.29 is 33.0 Å². The number of rotatable bonds is 10. The first kappa shape index (κ1) is 30.1. The number of carboxylic acid groups (broad SMARTS) is 2. The predicted molar refractivity (Wildman–Crippen MR) is 148 cm³/mol. The summed E-state index contributed by atoms with van der Waals surface area (Å²) in [6.07, 6.45) is -2.91. The molecule has 0 aliphatic carbocycles. The number of alkyl halides is 3. The molecule has 0 aliphatic heterocycles. The van der Waals surface area contributed by atoms with Crippen LogP contribution < -0.4 is 0 Å². The van der Waals surface area contributed by atoms with Gasteiger partial charge < -0.3 is 10.2 Å². The summed E-state index contributed by atoms with van der Waals surface area (Å²) in [5, 5.41) is 16.3. The summed E-state index contributed by atoms with van der Waals surface area (Å²) in [4.78, 5) is 22.5. The molecule has 4 aromatic rings. The number of aliphatic carboxylic acids is 1. The molecule has 40 heavy (non-hydrogen) atoms. The van der Waals surface area contributed by atoms with E-state index in [2.05, 4.69) is 89.8 Å². The van der Waals surface area contributed by atoms with Crippen LogP contribution in [0.5, 0.6) is 0 Å². The Balaban J connectivity index is 0.000000559. The van der Waals surface area contributed by atoms with Crippen LogP contribution in [0.3, 0.4) is 0 Å². The fraction of sp³-hybridized carbons (Fsp3) is 0.188. The van der Waals surface area contributed by atoms with Crippen LogP contribution in [0.2, 0.25) is 0 Å². The van der Waals surface area contributed by atoms with Gasteiger partial charge in [-0.05, 0) is 65.4 Å². The zero-order chi connectivity index (χ0) is 29.0. The summed E-state index contributed by atoms with van der Waals surface area (Å²) in [6, 6.07) is 36.9. The molecule has 0 aromatic heterocycles. The van der Waals surface area contributed by atoms with Crippen LogP contribution >= 0.6 is 0 Å². The predicted octanol–water partition coefficient (Wildman–Crippen LogP) is 7.32. The van der Waals surface area contributed by atoms with E-state index in [1.807, 2.05) is 12.1 Å². The third kappa shape index (κ3) is 10.0. The molecule has 0 radical (unpaired) electrons. The van der Waals surface area contributed by atoms with Crippen molar-refractivity contribution >= 4 is 11.9 Å². The maximum absolute atomic E-state index is 11.1. The number of aryl methyl sites for hydroxylation is 1. The van der Waals surface area contributed by atoms with Gasteiger partial charge in [0.2, 0.25) is 0 Å². The van der Waals surface area contributed by atoms with Crippen molar-refractivity contribution in [3.05, 3.63) is 131 Å².